The predicted molar refractivity (Wildman–Crippen MR) is 123 cm³/mol. The zero-order chi connectivity index (χ0) is 22.3. The van der Waals surface area contributed by atoms with E-state index in [1.165, 1.54) is 18.4 Å². The van der Waals surface area contributed by atoms with Crippen molar-refractivity contribution in [2.45, 2.75) is 39.9 Å². The Labute approximate surface area is 183 Å². The lowest BCUT2D eigenvalue weighted by Gasteiger charge is -2.20. The molecule has 6 nitrogen and oxygen atoms in total. The molecule has 0 radical (unpaired) electrons. The molecular formula is C24H24O6S. The summed E-state index contributed by atoms with van der Waals surface area (Å²) in [6.45, 7) is 7.47. The highest BCUT2D eigenvalue weighted by Gasteiger charge is 2.26. The number of hydrogen-bond acceptors (Lipinski definition) is 7. The molecular weight excluding hydrogens is 416 g/mol. The van der Waals surface area contributed by atoms with Gasteiger partial charge in [-0.3, -0.25) is 4.79 Å². The summed E-state index contributed by atoms with van der Waals surface area (Å²) in [5.41, 5.74) is 0.322. The summed E-state index contributed by atoms with van der Waals surface area (Å²) in [7, 11) is 1.48. The summed E-state index contributed by atoms with van der Waals surface area (Å²) in [5, 5.41) is 13.7. The van der Waals surface area contributed by atoms with Gasteiger partial charge in [-0.2, -0.15) is 0 Å². The molecule has 31 heavy (non-hydrogen) atoms. The van der Waals surface area contributed by atoms with E-state index in [9.17, 15) is 9.90 Å². The smallest absolute Gasteiger partial charge is 0.238 e. The van der Waals surface area contributed by atoms with E-state index in [1.807, 2.05) is 57.3 Å². The van der Waals surface area contributed by atoms with Gasteiger partial charge in [-0.1, -0.05) is 18.2 Å². The largest absolute Gasteiger partial charge is 0.502 e. The van der Waals surface area contributed by atoms with Crippen molar-refractivity contribution in [1.29, 1.82) is 0 Å². The monoisotopic (exact) mass is 440 g/mol. The molecule has 1 N–H and O–H groups in total. The van der Waals surface area contributed by atoms with E-state index < -0.39 is 11.2 Å². The van der Waals surface area contributed by atoms with E-state index in [2.05, 4.69) is 0 Å². The van der Waals surface area contributed by atoms with Crippen LogP contribution in [0.4, 0.5) is 0 Å². The van der Waals surface area contributed by atoms with Crippen LogP contribution in [-0.4, -0.2) is 24.4 Å². The van der Waals surface area contributed by atoms with Crippen LogP contribution in [0.15, 0.2) is 44.9 Å². The number of rotatable bonds is 6. The summed E-state index contributed by atoms with van der Waals surface area (Å²) in [5.74, 6) is 0.526. The molecule has 0 unspecified atom stereocenters. The minimum Gasteiger partial charge on any atom is -0.502 e. The molecule has 0 saturated heterocycles. The third-order valence-electron chi connectivity index (χ3n) is 4.68. The highest BCUT2D eigenvalue weighted by atomic mass is 32.1. The van der Waals surface area contributed by atoms with Crippen LogP contribution in [0.5, 0.6) is 23.0 Å². The highest BCUT2D eigenvalue weighted by Crippen LogP contribution is 2.46. The average molecular weight is 441 g/mol. The molecule has 0 fully saturated rings. The fraction of sp³-hybridized carbons (Fsp3) is 0.292. The Morgan fingerprint density at radius 3 is 2.42 bits per heavy atom. The second-order valence-corrected chi connectivity index (χ2v) is 8.61. The summed E-state index contributed by atoms with van der Waals surface area (Å²) in [6, 6.07) is 9.37. The van der Waals surface area contributed by atoms with Gasteiger partial charge in [-0.25, -0.2) is 0 Å². The summed E-state index contributed by atoms with van der Waals surface area (Å²) in [6.07, 6.45) is -0.379. The first kappa shape index (κ1) is 21.1. The molecule has 4 rings (SSSR count). The molecule has 0 spiro atoms. The molecule has 0 aliphatic heterocycles. The lowest BCUT2D eigenvalue weighted by molar-refractivity contribution is 0.210. The maximum Gasteiger partial charge on any atom is 0.238 e. The predicted octanol–water partition coefficient (Wildman–Crippen LogP) is 5.96. The lowest BCUT2D eigenvalue weighted by Crippen LogP contribution is -2.13. The van der Waals surface area contributed by atoms with Crippen molar-refractivity contribution >= 4 is 32.4 Å². The van der Waals surface area contributed by atoms with Crippen molar-refractivity contribution < 1.29 is 23.7 Å². The molecule has 2 aromatic carbocycles. The standard InChI is InChI=1S/C24H24O6S/c1-12(2)28-17-10-16-19(24(23(17)27-5)29-13(3)4)20(25)21(26)22(30-16)15-11-31-18-9-7-6-8-14(15)18/h6-13,26H,1-5H3. The van der Waals surface area contributed by atoms with Gasteiger partial charge in [0.1, 0.15) is 11.0 Å². The zero-order valence-corrected chi connectivity index (χ0v) is 18.8. The molecule has 0 bridgehead atoms. The summed E-state index contributed by atoms with van der Waals surface area (Å²) < 4.78 is 24.5. The van der Waals surface area contributed by atoms with Crippen LogP contribution in [-0.2, 0) is 0 Å². The number of fused-ring (bicyclic) bond motifs is 2. The van der Waals surface area contributed by atoms with E-state index in [0.717, 1.165) is 10.1 Å². The minimum absolute atomic E-state index is 0.113. The SMILES string of the molecule is COc1c(OC(C)C)cc2oc(-c3csc4ccccc34)c(O)c(=O)c2c1OC(C)C. The first-order valence-corrected chi connectivity index (χ1v) is 10.9. The molecule has 2 aromatic heterocycles. The van der Waals surface area contributed by atoms with Gasteiger partial charge < -0.3 is 23.7 Å². The molecule has 0 aliphatic carbocycles. The number of hydrogen-bond donors (Lipinski definition) is 1. The number of aromatic hydroxyl groups is 1. The van der Waals surface area contributed by atoms with Crippen LogP contribution in [0.1, 0.15) is 27.7 Å². The zero-order valence-electron chi connectivity index (χ0n) is 18.0. The molecule has 162 valence electrons. The summed E-state index contributed by atoms with van der Waals surface area (Å²) >= 11 is 1.52. The van der Waals surface area contributed by atoms with Gasteiger partial charge in [0, 0.05) is 27.1 Å². The van der Waals surface area contributed by atoms with E-state index in [0.29, 0.717) is 11.3 Å². The van der Waals surface area contributed by atoms with Gasteiger partial charge in [0.2, 0.25) is 16.9 Å². The van der Waals surface area contributed by atoms with E-state index in [-0.39, 0.29) is 40.4 Å². The van der Waals surface area contributed by atoms with Crippen molar-refractivity contribution in [1.82, 2.24) is 0 Å². The molecule has 0 atom stereocenters. The van der Waals surface area contributed by atoms with Gasteiger partial charge in [0.05, 0.1) is 19.3 Å². The van der Waals surface area contributed by atoms with E-state index >= 15 is 0 Å². The molecule has 0 aliphatic rings. The van der Waals surface area contributed by atoms with Crippen molar-refractivity contribution in [2.24, 2.45) is 0 Å². The van der Waals surface area contributed by atoms with Crippen LogP contribution in [0, 0.1) is 0 Å². The average Bonchev–Trinajstić information content (AvgIpc) is 3.13. The Morgan fingerprint density at radius 2 is 1.74 bits per heavy atom. The van der Waals surface area contributed by atoms with Crippen molar-refractivity contribution in [3.05, 3.63) is 45.9 Å². The second-order valence-electron chi connectivity index (χ2n) is 7.70. The lowest BCUT2D eigenvalue weighted by atomic mass is 10.1. The molecule has 4 aromatic rings. The number of ether oxygens (including phenoxy) is 3. The molecule has 2 heterocycles. The topological polar surface area (TPSA) is 78.1 Å². The first-order chi connectivity index (χ1) is 14.8. The third-order valence-corrected chi connectivity index (χ3v) is 5.64. The number of methoxy groups -OCH3 is 1. The number of thiophene rings is 1. The molecule has 7 heteroatoms. The van der Waals surface area contributed by atoms with Gasteiger partial charge in [-0.15, -0.1) is 11.3 Å². The fourth-order valence-corrected chi connectivity index (χ4v) is 4.43. The van der Waals surface area contributed by atoms with Gasteiger partial charge >= 0.3 is 0 Å². The Bertz CT molecular complexity index is 1320. The van der Waals surface area contributed by atoms with E-state index in [4.69, 9.17) is 18.6 Å². The molecule has 0 saturated carbocycles. The Kier molecular flexibility index (Phi) is 5.54. The van der Waals surface area contributed by atoms with Crippen LogP contribution in [0.3, 0.4) is 0 Å². The van der Waals surface area contributed by atoms with E-state index in [1.54, 1.807) is 6.07 Å². The number of benzene rings is 2. The van der Waals surface area contributed by atoms with Crippen LogP contribution in [0.2, 0.25) is 0 Å². The van der Waals surface area contributed by atoms with Gasteiger partial charge in [0.15, 0.2) is 17.3 Å². The first-order valence-electron chi connectivity index (χ1n) is 10.0. The van der Waals surface area contributed by atoms with Crippen molar-refractivity contribution in [3.63, 3.8) is 0 Å². The Balaban J connectivity index is 2.07. The summed E-state index contributed by atoms with van der Waals surface area (Å²) in [4.78, 5) is 13.3. The van der Waals surface area contributed by atoms with Gasteiger partial charge in [0.25, 0.3) is 0 Å². The van der Waals surface area contributed by atoms with Crippen LogP contribution in [0.25, 0.3) is 32.4 Å². The van der Waals surface area contributed by atoms with Crippen LogP contribution < -0.4 is 19.6 Å². The molecule has 0 amide bonds. The maximum atomic E-state index is 13.3. The fourth-order valence-electron chi connectivity index (χ4n) is 3.49. The maximum absolute atomic E-state index is 13.3. The second kappa shape index (κ2) is 8.15. The highest BCUT2D eigenvalue weighted by molar-refractivity contribution is 7.17. The Morgan fingerprint density at radius 1 is 1.03 bits per heavy atom. The Hall–Kier alpha value is -3.19. The normalized spacial score (nSPS) is 11.6. The van der Waals surface area contributed by atoms with Crippen molar-refractivity contribution in [3.8, 4) is 34.3 Å². The third kappa shape index (κ3) is 3.70. The minimum atomic E-state index is -0.587. The van der Waals surface area contributed by atoms with Crippen LogP contribution >= 0.6 is 11.3 Å². The quantitative estimate of drug-likeness (QED) is 0.398. The van der Waals surface area contributed by atoms with Gasteiger partial charge in [-0.05, 0) is 33.8 Å². The van der Waals surface area contributed by atoms with Crippen molar-refractivity contribution in [2.75, 3.05) is 7.11 Å².